The van der Waals surface area contributed by atoms with Crippen LogP contribution >= 0.6 is 0 Å². The first kappa shape index (κ1) is 13.0. The Kier molecular flexibility index (Phi) is 3.34. The lowest BCUT2D eigenvalue weighted by Gasteiger charge is -2.08. The Balaban J connectivity index is 2.08. The van der Waals surface area contributed by atoms with Crippen molar-refractivity contribution in [3.63, 3.8) is 0 Å². The van der Waals surface area contributed by atoms with Gasteiger partial charge in [0, 0.05) is 11.8 Å². The summed E-state index contributed by atoms with van der Waals surface area (Å²) in [6.07, 6.45) is 6.53. The summed E-state index contributed by atoms with van der Waals surface area (Å²) in [7, 11) is 0. The highest BCUT2D eigenvalue weighted by Gasteiger charge is 2.22. The van der Waals surface area contributed by atoms with Crippen LogP contribution in [0, 0.1) is 11.6 Å². The second kappa shape index (κ2) is 5.15. The van der Waals surface area contributed by atoms with Crippen LogP contribution in [0.25, 0.3) is 11.3 Å². The van der Waals surface area contributed by atoms with Crippen molar-refractivity contribution >= 4 is 6.29 Å². The van der Waals surface area contributed by atoms with Crippen molar-refractivity contribution in [1.82, 2.24) is 9.78 Å². The zero-order valence-corrected chi connectivity index (χ0v) is 10.9. The van der Waals surface area contributed by atoms with Crippen LogP contribution in [0.2, 0.25) is 0 Å². The fourth-order valence-electron chi connectivity index (χ4n) is 2.74. The van der Waals surface area contributed by atoms with Gasteiger partial charge in [0.15, 0.2) is 17.9 Å². The van der Waals surface area contributed by atoms with Gasteiger partial charge in [-0.05, 0) is 25.0 Å². The summed E-state index contributed by atoms with van der Waals surface area (Å²) < 4.78 is 28.9. The van der Waals surface area contributed by atoms with Crippen LogP contribution in [0.1, 0.15) is 42.1 Å². The van der Waals surface area contributed by atoms with E-state index < -0.39 is 11.6 Å². The molecule has 20 heavy (non-hydrogen) atoms. The number of halogens is 2. The Morgan fingerprint density at radius 2 is 2.00 bits per heavy atom. The number of aldehydes is 1. The van der Waals surface area contributed by atoms with Crippen molar-refractivity contribution < 1.29 is 13.6 Å². The maximum atomic E-state index is 13.8. The first-order chi connectivity index (χ1) is 9.70. The van der Waals surface area contributed by atoms with Crippen LogP contribution in [0.4, 0.5) is 8.78 Å². The minimum Gasteiger partial charge on any atom is -0.298 e. The lowest BCUT2D eigenvalue weighted by atomic mass is 10.1. The van der Waals surface area contributed by atoms with Crippen molar-refractivity contribution in [3.8, 4) is 11.3 Å². The van der Waals surface area contributed by atoms with Gasteiger partial charge in [-0.2, -0.15) is 5.10 Å². The molecule has 1 aromatic heterocycles. The minimum atomic E-state index is -0.965. The van der Waals surface area contributed by atoms with Crippen molar-refractivity contribution in [2.24, 2.45) is 0 Å². The Labute approximate surface area is 115 Å². The molecule has 1 aliphatic carbocycles. The summed E-state index contributed by atoms with van der Waals surface area (Å²) in [6, 6.07) is 4.15. The predicted octanol–water partition coefficient (Wildman–Crippen LogP) is 3.76. The molecule has 0 spiro atoms. The van der Waals surface area contributed by atoms with Gasteiger partial charge in [-0.25, -0.2) is 8.78 Å². The van der Waals surface area contributed by atoms with Gasteiger partial charge in [0.1, 0.15) is 5.69 Å². The zero-order chi connectivity index (χ0) is 14.1. The second-order valence-electron chi connectivity index (χ2n) is 5.07. The molecule has 5 heteroatoms. The van der Waals surface area contributed by atoms with Crippen molar-refractivity contribution in [3.05, 3.63) is 41.6 Å². The van der Waals surface area contributed by atoms with Crippen molar-refractivity contribution in [1.29, 1.82) is 0 Å². The summed E-state index contributed by atoms with van der Waals surface area (Å²) in [6.45, 7) is 0. The SMILES string of the molecule is O=Cc1cn(C2CCCC2)nc1-c1cccc(F)c1F. The molecule has 1 aliphatic rings. The van der Waals surface area contributed by atoms with Gasteiger partial charge in [-0.3, -0.25) is 9.48 Å². The summed E-state index contributed by atoms with van der Waals surface area (Å²) in [5.74, 6) is -1.90. The zero-order valence-electron chi connectivity index (χ0n) is 10.9. The fraction of sp³-hybridized carbons (Fsp3) is 0.333. The highest BCUT2D eigenvalue weighted by Crippen LogP contribution is 2.32. The summed E-state index contributed by atoms with van der Waals surface area (Å²) in [5.41, 5.74) is 0.536. The van der Waals surface area contributed by atoms with Crippen LogP contribution < -0.4 is 0 Å². The highest BCUT2D eigenvalue weighted by atomic mass is 19.2. The number of carbonyl (C=O) groups is 1. The number of aromatic nitrogens is 2. The molecule has 0 radical (unpaired) electrons. The maximum absolute atomic E-state index is 13.8. The molecule has 0 unspecified atom stereocenters. The lowest BCUT2D eigenvalue weighted by Crippen LogP contribution is -2.05. The van der Waals surface area contributed by atoms with Crippen LogP contribution in [-0.2, 0) is 0 Å². The average molecular weight is 276 g/mol. The molecule has 1 fully saturated rings. The Hall–Kier alpha value is -2.04. The fourth-order valence-corrected chi connectivity index (χ4v) is 2.74. The van der Waals surface area contributed by atoms with E-state index in [1.807, 2.05) is 0 Å². The monoisotopic (exact) mass is 276 g/mol. The predicted molar refractivity (Wildman–Crippen MR) is 70.5 cm³/mol. The molecule has 0 bridgehead atoms. The van der Waals surface area contributed by atoms with Crippen LogP contribution in [-0.4, -0.2) is 16.1 Å². The number of carbonyl (C=O) groups excluding carboxylic acids is 1. The molecule has 3 nitrogen and oxygen atoms in total. The molecule has 2 aromatic rings. The highest BCUT2D eigenvalue weighted by molar-refractivity contribution is 5.85. The van der Waals surface area contributed by atoms with Gasteiger partial charge < -0.3 is 0 Å². The van der Waals surface area contributed by atoms with E-state index in [4.69, 9.17) is 0 Å². The number of benzene rings is 1. The van der Waals surface area contributed by atoms with E-state index in [0.717, 1.165) is 31.7 Å². The summed E-state index contributed by atoms with van der Waals surface area (Å²) in [5, 5.41) is 4.31. The van der Waals surface area contributed by atoms with E-state index in [1.165, 1.54) is 12.1 Å². The largest absolute Gasteiger partial charge is 0.298 e. The molecular weight excluding hydrogens is 262 g/mol. The molecule has 0 atom stereocenters. The average Bonchev–Trinajstić information content (AvgIpc) is 3.09. The second-order valence-corrected chi connectivity index (χ2v) is 5.07. The lowest BCUT2D eigenvalue weighted by molar-refractivity contribution is 0.112. The Morgan fingerprint density at radius 3 is 2.70 bits per heavy atom. The Morgan fingerprint density at radius 1 is 1.25 bits per heavy atom. The van der Waals surface area contributed by atoms with Crippen LogP contribution in [0.5, 0.6) is 0 Å². The smallest absolute Gasteiger partial charge is 0.168 e. The van der Waals surface area contributed by atoms with E-state index in [2.05, 4.69) is 5.10 Å². The normalized spacial score (nSPS) is 15.7. The molecule has 3 rings (SSSR count). The third kappa shape index (κ3) is 2.13. The van der Waals surface area contributed by atoms with E-state index >= 15 is 0 Å². The number of nitrogens with zero attached hydrogens (tertiary/aromatic N) is 2. The van der Waals surface area contributed by atoms with Gasteiger partial charge >= 0.3 is 0 Å². The first-order valence-corrected chi connectivity index (χ1v) is 6.69. The molecule has 0 N–H and O–H groups in total. The number of hydrogen-bond acceptors (Lipinski definition) is 2. The minimum absolute atomic E-state index is 0.0313. The summed E-state index contributed by atoms with van der Waals surface area (Å²) >= 11 is 0. The maximum Gasteiger partial charge on any atom is 0.168 e. The third-order valence-electron chi connectivity index (χ3n) is 3.79. The standard InChI is InChI=1S/C15H14F2N2O/c16-13-7-3-6-12(14(13)17)15-10(9-20)8-19(18-15)11-4-1-2-5-11/h3,6-9,11H,1-2,4-5H2. The van der Waals surface area contributed by atoms with Gasteiger partial charge in [-0.15, -0.1) is 0 Å². The van der Waals surface area contributed by atoms with Gasteiger partial charge in [0.25, 0.3) is 0 Å². The van der Waals surface area contributed by atoms with Crippen molar-refractivity contribution in [2.75, 3.05) is 0 Å². The third-order valence-corrected chi connectivity index (χ3v) is 3.79. The topological polar surface area (TPSA) is 34.9 Å². The molecule has 0 amide bonds. The van der Waals surface area contributed by atoms with Gasteiger partial charge in [0.2, 0.25) is 0 Å². The van der Waals surface area contributed by atoms with Gasteiger partial charge in [-0.1, -0.05) is 18.9 Å². The van der Waals surface area contributed by atoms with Crippen LogP contribution in [0.15, 0.2) is 24.4 Å². The van der Waals surface area contributed by atoms with Gasteiger partial charge in [0.05, 0.1) is 11.6 Å². The molecule has 1 saturated carbocycles. The number of hydrogen-bond donors (Lipinski definition) is 0. The van der Waals surface area contributed by atoms with E-state index in [-0.39, 0.29) is 17.3 Å². The molecule has 0 aliphatic heterocycles. The quantitative estimate of drug-likeness (QED) is 0.800. The molecule has 1 aromatic carbocycles. The summed E-state index contributed by atoms with van der Waals surface area (Å²) in [4.78, 5) is 11.2. The number of rotatable bonds is 3. The van der Waals surface area contributed by atoms with E-state index in [1.54, 1.807) is 10.9 Å². The molecule has 1 heterocycles. The molecular formula is C15H14F2N2O. The van der Waals surface area contributed by atoms with E-state index in [0.29, 0.717) is 11.8 Å². The van der Waals surface area contributed by atoms with Crippen LogP contribution in [0.3, 0.4) is 0 Å². The van der Waals surface area contributed by atoms with E-state index in [9.17, 15) is 13.6 Å². The first-order valence-electron chi connectivity index (χ1n) is 6.69. The molecule has 104 valence electrons. The van der Waals surface area contributed by atoms with Crippen molar-refractivity contribution in [2.45, 2.75) is 31.7 Å². The molecule has 0 saturated heterocycles. The Bertz CT molecular complexity index is 645.